The number of alkyl halides is 3. The number of hydrogen-bond donors (Lipinski definition) is 3. The molecule has 4 bridgehead atoms. The summed E-state index contributed by atoms with van der Waals surface area (Å²) >= 11 is 0. The second kappa shape index (κ2) is 8.75. The Morgan fingerprint density at radius 3 is 1.91 bits per heavy atom. The zero-order chi connectivity index (χ0) is 22.9. The van der Waals surface area contributed by atoms with E-state index in [-0.39, 0.29) is 42.4 Å². The molecule has 1 aromatic carbocycles. The summed E-state index contributed by atoms with van der Waals surface area (Å²) in [5.41, 5.74) is -1.02. The predicted octanol–water partition coefficient (Wildman–Crippen LogP) is 2.88. The Hall–Kier alpha value is -2.58. The molecule has 4 saturated carbocycles. The van der Waals surface area contributed by atoms with E-state index in [9.17, 15) is 27.6 Å². The zero-order valence-corrected chi connectivity index (χ0v) is 17.8. The maximum Gasteiger partial charge on any atom is 0.416 e. The van der Waals surface area contributed by atoms with Crippen LogP contribution < -0.4 is 16.0 Å². The summed E-state index contributed by atoms with van der Waals surface area (Å²) in [6.07, 6.45) is 2.07. The highest BCUT2D eigenvalue weighted by Gasteiger charge is 2.54. The quantitative estimate of drug-likeness (QED) is 0.557. The van der Waals surface area contributed by atoms with Gasteiger partial charge in [0, 0.05) is 24.1 Å². The molecule has 4 aliphatic carbocycles. The molecule has 0 spiro atoms. The van der Waals surface area contributed by atoms with Crippen LogP contribution >= 0.6 is 0 Å². The molecular weight excluding hydrogens is 423 g/mol. The van der Waals surface area contributed by atoms with Gasteiger partial charge in [0.05, 0.1) is 12.1 Å². The van der Waals surface area contributed by atoms with Gasteiger partial charge >= 0.3 is 6.18 Å². The first-order chi connectivity index (χ1) is 15.1. The van der Waals surface area contributed by atoms with Gasteiger partial charge in [0.15, 0.2) is 0 Å². The number of carbonyl (C=O) groups excluding carboxylic acids is 3. The van der Waals surface area contributed by atoms with Crippen LogP contribution in [0.3, 0.4) is 0 Å². The van der Waals surface area contributed by atoms with Crippen LogP contribution in [0.2, 0.25) is 0 Å². The summed E-state index contributed by atoms with van der Waals surface area (Å²) in [6.45, 7) is 0.167. The highest BCUT2D eigenvalue weighted by atomic mass is 19.4. The van der Waals surface area contributed by atoms with Crippen molar-refractivity contribution in [2.75, 3.05) is 19.6 Å². The third kappa shape index (κ3) is 4.91. The maximum atomic E-state index is 12.8. The van der Waals surface area contributed by atoms with Crippen LogP contribution in [-0.2, 0) is 15.8 Å². The lowest BCUT2D eigenvalue weighted by Gasteiger charge is -2.55. The number of halogens is 3. The first-order valence-electron chi connectivity index (χ1n) is 11.1. The first-order valence-corrected chi connectivity index (χ1v) is 11.1. The van der Waals surface area contributed by atoms with E-state index in [0.29, 0.717) is 17.8 Å². The summed E-state index contributed by atoms with van der Waals surface area (Å²) < 4.78 is 37.7. The van der Waals surface area contributed by atoms with E-state index in [1.54, 1.807) is 0 Å². The third-order valence-electron chi connectivity index (χ3n) is 7.14. The molecule has 4 aliphatic rings. The Kier molecular flexibility index (Phi) is 6.18. The maximum absolute atomic E-state index is 12.8. The fourth-order valence-electron chi connectivity index (χ4n) is 6.09. The predicted molar refractivity (Wildman–Crippen MR) is 110 cm³/mol. The molecule has 0 aliphatic heterocycles. The normalized spacial score (nSPS) is 28.3. The molecular formula is C23H28F3N3O3. The van der Waals surface area contributed by atoms with E-state index in [0.717, 1.165) is 43.5 Å². The zero-order valence-electron chi connectivity index (χ0n) is 17.8. The van der Waals surface area contributed by atoms with Crippen LogP contribution in [0.15, 0.2) is 24.3 Å². The highest BCUT2D eigenvalue weighted by Crippen LogP contribution is 2.60. The molecule has 3 N–H and O–H groups in total. The molecule has 9 heteroatoms. The van der Waals surface area contributed by atoms with Crippen molar-refractivity contribution in [1.29, 1.82) is 0 Å². The summed E-state index contributed by atoms with van der Waals surface area (Å²) in [7, 11) is 0. The lowest BCUT2D eigenvalue weighted by atomic mass is 9.49. The fourth-order valence-corrected chi connectivity index (χ4v) is 6.09. The first kappa shape index (κ1) is 22.6. The van der Waals surface area contributed by atoms with E-state index >= 15 is 0 Å². The number of carbonyl (C=O) groups is 3. The van der Waals surface area contributed by atoms with Gasteiger partial charge in [0.2, 0.25) is 11.8 Å². The van der Waals surface area contributed by atoms with E-state index in [1.807, 2.05) is 0 Å². The Morgan fingerprint density at radius 1 is 0.844 bits per heavy atom. The molecule has 1 aromatic rings. The number of amides is 3. The molecule has 3 amide bonds. The molecule has 174 valence electrons. The van der Waals surface area contributed by atoms with Gasteiger partial charge < -0.3 is 16.0 Å². The van der Waals surface area contributed by atoms with Crippen molar-refractivity contribution >= 4 is 17.7 Å². The van der Waals surface area contributed by atoms with Crippen LogP contribution in [0.1, 0.15) is 54.4 Å². The lowest BCUT2D eigenvalue weighted by Crippen LogP contribution is -2.54. The van der Waals surface area contributed by atoms with Crippen molar-refractivity contribution in [1.82, 2.24) is 16.0 Å². The van der Waals surface area contributed by atoms with Crippen LogP contribution in [0.5, 0.6) is 0 Å². The van der Waals surface area contributed by atoms with Crippen molar-refractivity contribution in [2.24, 2.45) is 23.2 Å². The largest absolute Gasteiger partial charge is 0.416 e. The van der Waals surface area contributed by atoms with E-state index in [1.165, 1.54) is 19.3 Å². The van der Waals surface area contributed by atoms with Crippen LogP contribution in [0.25, 0.3) is 0 Å². The highest BCUT2D eigenvalue weighted by molar-refractivity contribution is 5.94. The molecule has 32 heavy (non-hydrogen) atoms. The average molecular weight is 451 g/mol. The number of benzene rings is 1. The van der Waals surface area contributed by atoms with Crippen molar-refractivity contribution in [3.05, 3.63) is 35.4 Å². The van der Waals surface area contributed by atoms with Crippen LogP contribution in [0.4, 0.5) is 13.2 Å². The monoisotopic (exact) mass is 451 g/mol. The van der Waals surface area contributed by atoms with Crippen molar-refractivity contribution < 1.29 is 27.6 Å². The van der Waals surface area contributed by atoms with Gasteiger partial charge in [-0.1, -0.05) is 0 Å². The van der Waals surface area contributed by atoms with Crippen molar-refractivity contribution in [2.45, 2.75) is 44.7 Å². The molecule has 0 heterocycles. The van der Waals surface area contributed by atoms with Gasteiger partial charge in [-0.15, -0.1) is 0 Å². The van der Waals surface area contributed by atoms with Gasteiger partial charge in [-0.25, -0.2) is 0 Å². The molecule has 0 radical (unpaired) electrons. The van der Waals surface area contributed by atoms with Crippen LogP contribution in [-0.4, -0.2) is 37.4 Å². The Balaban J connectivity index is 1.15. The van der Waals surface area contributed by atoms with E-state index in [4.69, 9.17) is 0 Å². The Morgan fingerprint density at radius 2 is 1.38 bits per heavy atom. The van der Waals surface area contributed by atoms with Crippen LogP contribution in [0, 0.1) is 23.2 Å². The number of rotatable bonds is 7. The molecule has 5 rings (SSSR count). The minimum atomic E-state index is -4.45. The average Bonchev–Trinajstić information content (AvgIpc) is 2.73. The molecule has 6 nitrogen and oxygen atoms in total. The lowest BCUT2D eigenvalue weighted by molar-refractivity contribution is -0.147. The fraction of sp³-hybridized carbons (Fsp3) is 0.609. The molecule has 4 fully saturated rings. The molecule has 0 atom stereocenters. The van der Waals surface area contributed by atoms with Gasteiger partial charge in [0.1, 0.15) is 0 Å². The standard InChI is InChI=1S/C23H28F3N3O3/c24-23(25,26)18-3-1-17(2-4-18)20(31)28-6-5-27-19(30)13-29-21(32)22-10-14-7-15(11-22)9-16(8-14)12-22/h1-4,14-16H,5-13H2,(H,27,30)(H,28,31)(H,29,32). The van der Waals surface area contributed by atoms with E-state index < -0.39 is 17.6 Å². The van der Waals surface area contributed by atoms with Gasteiger partial charge in [0.25, 0.3) is 5.91 Å². The second-order valence-electron chi connectivity index (χ2n) is 9.56. The summed E-state index contributed by atoms with van der Waals surface area (Å²) in [5, 5.41) is 7.98. The van der Waals surface area contributed by atoms with Gasteiger partial charge in [-0.3, -0.25) is 14.4 Å². The second-order valence-corrected chi connectivity index (χ2v) is 9.56. The summed E-state index contributed by atoms with van der Waals surface area (Å²) in [5.74, 6) is 1.06. The van der Waals surface area contributed by atoms with Crippen molar-refractivity contribution in [3.8, 4) is 0 Å². The smallest absolute Gasteiger partial charge is 0.353 e. The molecule has 0 saturated heterocycles. The Bertz CT molecular complexity index is 847. The van der Waals surface area contributed by atoms with Gasteiger partial charge in [-0.05, 0) is 80.5 Å². The number of nitrogens with one attached hydrogen (secondary N) is 3. The third-order valence-corrected chi connectivity index (χ3v) is 7.14. The SMILES string of the molecule is O=C(CNC(=O)C12CC3CC(CC(C3)C1)C2)NCCNC(=O)c1ccc(C(F)(F)F)cc1. The Labute approximate surface area is 184 Å². The topological polar surface area (TPSA) is 87.3 Å². The van der Waals surface area contributed by atoms with E-state index in [2.05, 4.69) is 16.0 Å². The van der Waals surface area contributed by atoms with Gasteiger partial charge in [-0.2, -0.15) is 13.2 Å². The minimum absolute atomic E-state index is 0.0117. The molecule has 0 unspecified atom stereocenters. The summed E-state index contributed by atoms with van der Waals surface area (Å²) in [6, 6.07) is 3.92. The number of hydrogen-bond acceptors (Lipinski definition) is 3. The summed E-state index contributed by atoms with van der Waals surface area (Å²) in [4.78, 5) is 36.9. The minimum Gasteiger partial charge on any atom is -0.353 e. The molecule has 0 aromatic heterocycles. The van der Waals surface area contributed by atoms with Crippen molar-refractivity contribution in [3.63, 3.8) is 0 Å².